The molecule has 1 atom stereocenters. The summed E-state index contributed by atoms with van der Waals surface area (Å²) in [6.07, 6.45) is 5.71. The second kappa shape index (κ2) is 6.17. The molecule has 3 heteroatoms. The molecule has 0 aromatic carbocycles. The van der Waals surface area contributed by atoms with Crippen LogP contribution in [-0.2, 0) is 4.74 Å². The van der Waals surface area contributed by atoms with Gasteiger partial charge in [0.2, 0.25) is 0 Å². The van der Waals surface area contributed by atoms with Gasteiger partial charge in [-0.25, -0.2) is 0 Å². The third-order valence-corrected chi connectivity index (χ3v) is 3.96. The van der Waals surface area contributed by atoms with E-state index in [2.05, 4.69) is 19.2 Å². The first kappa shape index (κ1) is 14.9. The Morgan fingerprint density at radius 2 is 1.94 bits per heavy atom. The van der Waals surface area contributed by atoms with Gasteiger partial charge in [-0.3, -0.25) is 0 Å². The summed E-state index contributed by atoms with van der Waals surface area (Å²) in [7, 11) is 1.67. The first-order valence-corrected chi connectivity index (χ1v) is 6.79. The molecule has 0 heterocycles. The van der Waals surface area contributed by atoms with Crippen molar-refractivity contribution in [1.29, 1.82) is 0 Å². The van der Waals surface area contributed by atoms with Gasteiger partial charge in [-0.05, 0) is 38.0 Å². The second-order valence-electron chi connectivity index (χ2n) is 6.56. The summed E-state index contributed by atoms with van der Waals surface area (Å²) in [5, 5.41) is 13.6. The number of ether oxygens (including phenoxy) is 1. The monoisotopic (exact) mass is 243 g/mol. The molecule has 0 spiro atoms. The number of hydrogen-bond donors (Lipinski definition) is 2. The van der Waals surface area contributed by atoms with Gasteiger partial charge < -0.3 is 15.2 Å². The SMILES string of the molecule is COCCC(C)(O)CNC1CCC(C)(C)CC1. The van der Waals surface area contributed by atoms with Crippen molar-refractivity contribution in [2.45, 2.75) is 64.5 Å². The van der Waals surface area contributed by atoms with Crippen LogP contribution in [0, 0.1) is 5.41 Å². The fraction of sp³-hybridized carbons (Fsp3) is 1.00. The van der Waals surface area contributed by atoms with E-state index in [0.717, 1.165) is 0 Å². The summed E-state index contributed by atoms with van der Waals surface area (Å²) in [6.45, 7) is 7.86. The van der Waals surface area contributed by atoms with Gasteiger partial charge in [-0.1, -0.05) is 13.8 Å². The normalized spacial score (nSPS) is 24.5. The maximum atomic E-state index is 10.1. The van der Waals surface area contributed by atoms with Gasteiger partial charge in [0.05, 0.1) is 5.60 Å². The van der Waals surface area contributed by atoms with Gasteiger partial charge in [0, 0.05) is 32.7 Å². The van der Waals surface area contributed by atoms with Crippen molar-refractivity contribution in [3.05, 3.63) is 0 Å². The molecule has 0 aromatic rings. The van der Waals surface area contributed by atoms with E-state index in [4.69, 9.17) is 4.74 Å². The van der Waals surface area contributed by atoms with Crippen molar-refractivity contribution >= 4 is 0 Å². The standard InChI is InChI=1S/C14H29NO2/c1-13(2)7-5-12(6-8-13)15-11-14(3,16)9-10-17-4/h12,15-16H,5-11H2,1-4H3. The van der Waals surface area contributed by atoms with Crippen molar-refractivity contribution in [1.82, 2.24) is 5.32 Å². The fourth-order valence-corrected chi connectivity index (χ4v) is 2.38. The Kier molecular flexibility index (Phi) is 5.42. The topological polar surface area (TPSA) is 41.5 Å². The average molecular weight is 243 g/mol. The molecule has 1 aliphatic carbocycles. The van der Waals surface area contributed by atoms with Crippen LogP contribution in [0.15, 0.2) is 0 Å². The Labute approximate surface area is 106 Å². The van der Waals surface area contributed by atoms with Gasteiger partial charge >= 0.3 is 0 Å². The van der Waals surface area contributed by atoms with Crippen molar-refractivity contribution in [3.63, 3.8) is 0 Å². The molecular formula is C14H29NO2. The van der Waals surface area contributed by atoms with Crippen LogP contribution >= 0.6 is 0 Å². The number of hydrogen-bond acceptors (Lipinski definition) is 3. The molecule has 0 aromatic heterocycles. The molecule has 1 saturated carbocycles. The molecule has 1 aliphatic rings. The highest BCUT2D eigenvalue weighted by Crippen LogP contribution is 2.35. The third kappa shape index (κ3) is 5.84. The minimum Gasteiger partial charge on any atom is -0.389 e. The van der Waals surface area contributed by atoms with E-state index in [1.165, 1.54) is 25.7 Å². The van der Waals surface area contributed by atoms with E-state index in [1.54, 1.807) is 7.11 Å². The molecule has 1 fully saturated rings. The lowest BCUT2D eigenvalue weighted by molar-refractivity contribution is 0.0205. The quantitative estimate of drug-likeness (QED) is 0.752. The minimum absolute atomic E-state index is 0.511. The summed E-state index contributed by atoms with van der Waals surface area (Å²) < 4.78 is 5.01. The van der Waals surface area contributed by atoms with E-state index in [-0.39, 0.29) is 0 Å². The minimum atomic E-state index is -0.650. The molecule has 1 unspecified atom stereocenters. The molecule has 0 radical (unpaired) electrons. The van der Waals surface area contributed by atoms with E-state index in [9.17, 15) is 5.11 Å². The van der Waals surface area contributed by atoms with Crippen LogP contribution in [0.25, 0.3) is 0 Å². The highest BCUT2D eigenvalue weighted by atomic mass is 16.5. The molecule has 3 nitrogen and oxygen atoms in total. The van der Waals surface area contributed by atoms with E-state index < -0.39 is 5.60 Å². The van der Waals surface area contributed by atoms with Crippen molar-refractivity contribution in [3.8, 4) is 0 Å². The van der Waals surface area contributed by atoms with E-state index in [1.807, 2.05) is 6.92 Å². The lowest BCUT2D eigenvalue weighted by atomic mass is 9.75. The van der Waals surface area contributed by atoms with E-state index >= 15 is 0 Å². The summed E-state index contributed by atoms with van der Waals surface area (Å²) >= 11 is 0. The van der Waals surface area contributed by atoms with Crippen LogP contribution in [0.3, 0.4) is 0 Å². The van der Waals surface area contributed by atoms with Crippen LogP contribution in [0.1, 0.15) is 52.9 Å². The Hall–Kier alpha value is -0.120. The Balaban J connectivity index is 2.22. The molecule has 102 valence electrons. The molecule has 0 bridgehead atoms. The van der Waals surface area contributed by atoms with Gasteiger partial charge in [0.25, 0.3) is 0 Å². The molecule has 0 saturated heterocycles. The highest BCUT2D eigenvalue weighted by Gasteiger charge is 2.28. The molecular weight excluding hydrogens is 214 g/mol. The Morgan fingerprint density at radius 1 is 1.35 bits per heavy atom. The second-order valence-corrected chi connectivity index (χ2v) is 6.56. The predicted octanol–water partition coefficient (Wildman–Crippen LogP) is 2.33. The maximum Gasteiger partial charge on any atom is 0.0765 e. The predicted molar refractivity (Wildman–Crippen MR) is 71.2 cm³/mol. The number of rotatable bonds is 6. The van der Waals surface area contributed by atoms with Crippen molar-refractivity contribution < 1.29 is 9.84 Å². The third-order valence-electron chi connectivity index (χ3n) is 3.96. The number of methoxy groups -OCH3 is 1. The summed E-state index contributed by atoms with van der Waals surface area (Å²) in [5.41, 5.74) is -0.139. The molecule has 0 amide bonds. The van der Waals surface area contributed by atoms with E-state index in [0.29, 0.717) is 31.0 Å². The largest absolute Gasteiger partial charge is 0.389 e. The first-order chi connectivity index (χ1) is 7.85. The van der Waals surface area contributed by atoms with Crippen LogP contribution < -0.4 is 5.32 Å². The molecule has 1 rings (SSSR count). The van der Waals surface area contributed by atoms with Gasteiger partial charge in [0.1, 0.15) is 0 Å². The van der Waals surface area contributed by atoms with Crippen LogP contribution in [0.5, 0.6) is 0 Å². The number of aliphatic hydroxyl groups is 1. The molecule has 17 heavy (non-hydrogen) atoms. The summed E-state index contributed by atoms with van der Waals surface area (Å²) in [6, 6.07) is 0.581. The lowest BCUT2D eigenvalue weighted by Gasteiger charge is -2.36. The average Bonchev–Trinajstić information content (AvgIpc) is 2.25. The zero-order chi connectivity index (χ0) is 12.9. The summed E-state index contributed by atoms with van der Waals surface area (Å²) in [5.74, 6) is 0. The van der Waals surface area contributed by atoms with Crippen LogP contribution in [-0.4, -0.2) is 37.0 Å². The maximum absolute atomic E-state index is 10.1. The highest BCUT2D eigenvalue weighted by molar-refractivity contribution is 4.84. The van der Waals surface area contributed by atoms with Gasteiger partial charge in [-0.2, -0.15) is 0 Å². The van der Waals surface area contributed by atoms with Crippen molar-refractivity contribution in [2.24, 2.45) is 5.41 Å². The van der Waals surface area contributed by atoms with Crippen LogP contribution in [0.2, 0.25) is 0 Å². The summed E-state index contributed by atoms with van der Waals surface area (Å²) in [4.78, 5) is 0. The van der Waals surface area contributed by atoms with Gasteiger partial charge in [0.15, 0.2) is 0 Å². The zero-order valence-electron chi connectivity index (χ0n) is 11.9. The number of nitrogens with one attached hydrogen (secondary N) is 1. The smallest absolute Gasteiger partial charge is 0.0765 e. The van der Waals surface area contributed by atoms with Crippen LogP contribution in [0.4, 0.5) is 0 Å². The fourth-order valence-electron chi connectivity index (χ4n) is 2.38. The van der Waals surface area contributed by atoms with Gasteiger partial charge in [-0.15, -0.1) is 0 Å². The molecule has 0 aliphatic heterocycles. The zero-order valence-corrected chi connectivity index (χ0v) is 11.9. The van der Waals surface area contributed by atoms with Crippen molar-refractivity contribution in [2.75, 3.05) is 20.3 Å². The Bertz CT molecular complexity index is 216. The first-order valence-electron chi connectivity index (χ1n) is 6.79. The lowest BCUT2D eigenvalue weighted by Crippen LogP contribution is -2.45. The molecule has 2 N–H and O–H groups in total. The Morgan fingerprint density at radius 3 is 2.47 bits per heavy atom.